The Hall–Kier alpha value is -4.40. The van der Waals surface area contributed by atoms with E-state index in [2.05, 4.69) is 40.4 Å². The van der Waals surface area contributed by atoms with Crippen LogP contribution in [-0.4, -0.2) is 58.0 Å². The second-order valence-corrected chi connectivity index (χ2v) is 12.7. The van der Waals surface area contributed by atoms with Gasteiger partial charge < -0.3 is 25.2 Å². The molecule has 1 aromatic heterocycles. The number of halogens is 1. The van der Waals surface area contributed by atoms with Gasteiger partial charge in [0.2, 0.25) is 0 Å². The number of carbonyl (C=O) groups excluding carboxylic acids is 2. The van der Waals surface area contributed by atoms with Crippen molar-refractivity contribution in [2.45, 2.75) is 43.6 Å². The fraction of sp³-hybridized carbons (Fsp3) is 0.306. The van der Waals surface area contributed by atoms with Crippen molar-refractivity contribution in [3.8, 4) is 11.3 Å². The number of carboxylic acid groups (broad SMARTS) is 1. The molecule has 2 aliphatic rings. The molecule has 0 spiro atoms. The van der Waals surface area contributed by atoms with E-state index in [1.165, 1.54) is 24.5 Å². The monoisotopic (exact) mass is 624 g/mol. The van der Waals surface area contributed by atoms with E-state index in [1.807, 2.05) is 36.2 Å². The van der Waals surface area contributed by atoms with E-state index in [-0.39, 0.29) is 11.8 Å². The number of aryl methyl sites for hydroxylation is 1. The van der Waals surface area contributed by atoms with E-state index in [4.69, 9.17) is 16.7 Å². The van der Waals surface area contributed by atoms with Crippen LogP contribution in [0.4, 0.5) is 5.69 Å². The highest BCUT2D eigenvalue weighted by atomic mass is 35.5. The first-order valence-electron chi connectivity index (χ1n) is 15.4. The molecule has 1 aliphatic carbocycles. The van der Waals surface area contributed by atoms with Gasteiger partial charge in [0.1, 0.15) is 5.54 Å². The fourth-order valence-electron chi connectivity index (χ4n) is 6.92. The molecule has 4 aromatic rings. The average Bonchev–Trinajstić information content (AvgIpc) is 3.76. The molecule has 8 nitrogen and oxygen atoms in total. The summed E-state index contributed by atoms with van der Waals surface area (Å²) in [5, 5.41) is 16.8. The predicted octanol–water partition coefficient (Wildman–Crippen LogP) is 6.70. The highest BCUT2D eigenvalue weighted by molar-refractivity contribution is 6.30. The maximum atomic E-state index is 13.9. The number of anilines is 1. The third-order valence-electron chi connectivity index (χ3n) is 9.22. The molecule has 1 atom stereocenters. The predicted molar refractivity (Wildman–Crippen MR) is 179 cm³/mol. The van der Waals surface area contributed by atoms with Crippen LogP contribution in [0.25, 0.3) is 28.2 Å². The second-order valence-electron chi connectivity index (χ2n) is 12.3. The lowest BCUT2D eigenvalue weighted by Crippen LogP contribution is -2.58. The minimum Gasteiger partial charge on any atom is -0.478 e. The minimum atomic E-state index is -1.11. The van der Waals surface area contributed by atoms with Crippen LogP contribution in [0.2, 0.25) is 5.02 Å². The second kappa shape index (κ2) is 12.5. The van der Waals surface area contributed by atoms with Crippen LogP contribution < -0.4 is 10.6 Å². The van der Waals surface area contributed by atoms with Gasteiger partial charge in [0.05, 0.1) is 5.69 Å². The SMILES string of the molecule is CN1CC[C@@](NC(=O)c2ccc3c(C4CCCC4)c(-c4ccc(Cl)cc4)n(C)c3c2)(C(=O)Nc2ccc(/C=C/C(=O)O)cc2)C1. The van der Waals surface area contributed by atoms with Crippen LogP contribution in [0, 0.1) is 0 Å². The zero-order chi connectivity index (χ0) is 31.7. The van der Waals surface area contributed by atoms with Gasteiger partial charge >= 0.3 is 5.97 Å². The fourth-order valence-corrected chi connectivity index (χ4v) is 7.05. The third kappa shape index (κ3) is 6.26. The molecule has 45 heavy (non-hydrogen) atoms. The number of benzene rings is 3. The van der Waals surface area contributed by atoms with Gasteiger partial charge in [-0.05, 0) is 91.4 Å². The first-order valence-corrected chi connectivity index (χ1v) is 15.7. The molecule has 2 fully saturated rings. The lowest BCUT2D eigenvalue weighted by Gasteiger charge is -2.29. The molecule has 3 N–H and O–H groups in total. The number of rotatable bonds is 8. The molecule has 0 radical (unpaired) electrons. The van der Waals surface area contributed by atoms with Gasteiger partial charge in [0.15, 0.2) is 0 Å². The summed E-state index contributed by atoms with van der Waals surface area (Å²) in [5.74, 6) is -1.16. The van der Waals surface area contributed by atoms with Crippen LogP contribution in [0.5, 0.6) is 0 Å². The summed E-state index contributed by atoms with van der Waals surface area (Å²) in [6.07, 6.45) is 7.74. The largest absolute Gasteiger partial charge is 0.478 e. The number of aromatic nitrogens is 1. The quantitative estimate of drug-likeness (QED) is 0.189. The Morgan fingerprint density at radius 1 is 0.978 bits per heavy atom. The summed E-state index contributed by atoms with van der Waals surface area (Å²) in [6, 6.07) is 20.7. The maximum Gasteiger partial charge on any atom is 0.328 e. The number of amides is 2. The summed E-state index contributed by atoms with van der Waals surface area (Å²) >= 11 is 6.22. The van der Waals surface area contributed by atoms with E-state index in [0.717, 1.165) is 41.1 Å². The van der Waals surface area contributed by atoms with Gasteiger partial charge in [-0.1, -0.05) is 54.8 Å². The smallest absolute Gasteiger partial charge is 0.328 e. The van der Waals surface area contributed by atoms with Crippen molar-refractivity contribution in [3.63, 3.8) is 0 Å². The van der Waals surface area contributed by atoms with E-state index in [1.54, 1.807) is 24.3 Å². The van der Waals surface area contributed by atoms with E-state index in [9.17, 15) is 14.4 Å². The zero-order valence-corrected chi connectivity index (χ0v) is 26.2. The molecule has 9 heteroatoms. The molecule has 1 saturated heterocycles. The van der Waals surface area contributed by atoms with Crippen LogP contribution in [0.15, 0.2) is 72.8 Å². The molecule has 0 bridgehead atoms. The summed E-state index contributed by atoms with van der Waals surface area (Å²) in [7, 11) is 3.99. The molecule has 6 rings (SSSR count). The maximum absolute atomic E-state index is 13.9. The van der Waals surface area contributed by atoms with Crippen LogP contribution >= 0.6 is 11.6 Å². The number of fused-ring (bicyclic) bond motifs is 1. The Balaban J connectivity index is 1.29. The number of nitrogens with one attached hydrogen (secondary N) is 2. The van der Waals surface area contributed by atoms with Crippen molar-refractivity contribution in [2.24, 2.45) is 7.05 Å². The lowest BCUT2D eigenvalue weighted by atomic mass is 9.91. The summed E-state index contributed by atoms with van der Waals surface area (Å²) in [5.41, 5.74) is 5.22. The third-order valence-corrected chi connectivity index (χ3v) is 9.47. The number of likely N-dealkylation sites (N-methyl/N-ethyl adjacent to an activating group) is 1. The van der Waals surface area contributed by atoms with Crippen molar-refractivity contribution in [1.82, 2.24) is 14.8 Å². The molecule has 232 valence electrons. The molecule has 2 amide bonds. The Kier molecular flexibility index (Phi) is 8.53. The summed E-state index contributed by atoms with van der Waals surface area (Å²) < 4.78 is 2.18. The van der Waals surface area contributed by atoms with Crippen molar-refractivity contribution < 1.29 is 19.5 Å². The van der Waals surface area contributed by atoms with Gasteiger partial charge in [-0.25, -0.2) is 4.79 Å². The van der Waals surface area contributed by atoms with Gasteiger partial charge in [0, 0.05) is 53.4 Å². The van der Waals surface area contributed by atoms with Gasteiger partial charge in [-0.15, -0.1) is 0 Å². The number of carboxylic acids is 1. The average molecular weight is 625 g/mol. The van der Waals surface area contributed by atoms with Gasteiger partial charge in [0.25, 0.3) is 11.8 Å². The van der Waals surface area contributed by atoms with Crippen LogP contribution in [0.1, 0.15) is 59.5 Å². The highest BCUT2D eigenvalue weighted by Crippen LogP contribution is 2.44. The standard InChI is InChI=1S/C36H37ClN4O4/c1-40-20-19-36(22-40,35(45)38-28-15-7-23(8-16-28)9-18-31(42)43)39-34(44)26-12-17-29-30(21-26)41(2)33(25-10-13-27(37)14-11-25)32(29)24-5-3-4-6-24/h7-18,21,24H,3-6,19-20,22H2,1-2H3,(H,38,45)(H,39,44)(H,42,43)/b18-9+/t36-/m0/s1. The number of likely N-dealkylation sites (tertiary alicyclic amines) is 1. The van der Waals surface area contributed by atoms with Crippen molar-refractivity contribution in [3.05, 3.63) is 94.5 Å². The van der Waals surface area contributed by atoms with Gasteiger partial charge in [-0.2, -0.15) is 0 Å². The molecular weight excluding hydrogens is 588 g/mol. The lowest BCUT2D eigenvalue weighted by molar-refractivity contribution is -0.131. The normalized spacial score (nSPS) is 19.0. The van der Waals surface area contributed by atoms with Crippen molar-refractivity contribution in [2.75, 3.05) is 25.5 Å². The van der Waals surface area contributed by atoms with E-state index in [0.29, 0.717) is 47.3 Å². The first kappa shape index (κ1) is 30.6. The molecule has 1 aliphatic heterocycles. The highest BCUT2D eigenvalue weighted by Gasteiger charge is 2.45. The summed E-state index contributed by atoms with van der Waals surface area (Å²) in [4.78, 5) is 40.4. The van der Waals surface area contributed by atoms with Crippen LogP contribution in [0.3, 0.4) is 0 Å². The number of nitrogens with zero attached hydrogens (tertiary/aromatic N) is 2. The van der Waals surface area contributed by atoms with Gasteiger partial charge in [-0.3, -0.25) is 9.59 Å². The number of carbonyl (C=O) groups is 3. The molecule has 1 saturated carbocycles. The van der Waals surface area contributed by atoms with E-state index >= 15 is 0 Å². The van der Waals surface area contributed by atoms with Crippen molar-refractivity contribution in [1.29, 1.82) is 0 Å². The Labute approximate surface area is 267 Å². The Morgan fingerprint density at radius 3 is 2.33 bits per heavy atom. The van der Waals surface area contributed by atoms with Crippen molar-refractivity contribution >= 4 is 52.1 Å². The Bertz CT molecular complexity index is 1790. The zero-order valence-electron chi connectivity index (χ0n) is 25.5. The van der Waals surface area contributed by atoms with E-state index < -0.39 is 11.5 Å². The topological polar surface area (TPSA) is 104 Å². The minimum absolute atomic E-state index is 0.289. The number of hydrogen-bond donors (Lipinski definition) is 3. The molecular formula is C36H37ClN4O4. The number of hydrogen-bond acceptors (Lipinski definition) is 4. The van der Waals surface area contributed by atoms with Crippen LogP contribution in [-0.2, 0) is 16.6 Å². The molecule has 3 aromatic carbocycles. The molecule has 0 unspecified atom stereocenters. The molecule has 2 heterocycles. The summed E-state index contributed by atoms with van der Waals surface area (Å²) in [6.45, 7) is 1.04. The Morgan fingerprint density at radius 2 is 1.69 bits per heavy atom. The first-order chi connectivity index (χ1) is 21.6. The number of aliphatic carboxylic acids is 1.